The highest BCUT2D eigenvalue weighted by atomic mass is 32.2. The van der Waals surface area contributed by atoms with Crippen LogP contribution in [0.4, 0.5) is 0 Å². The van der Waals surface area contributed by atoms with Crippen molar-refractivity contribution in [2.75, 3.05) is 13.2 Å². The van der Waals surface area contributed by atoms with E-state index in [1.807, 2.05) is 4.90 Å². The summed E-state index contributed by atoms with van der Waals surface area (Å²) < 4.78 is 27.9. The van der Waals surface area contributed by atoms with Gasteiger partial charge in [-0.15, -0.1) is 0 Å². The van der Waals surface area contributed by atoms with Gasteiger partial charge in [-0.2, -0.15) is 0 Å². The second-order valence-electron chi connectivity index (χ2n) is 7.41. The Morgan fingerprint density at radius 1 is 1.20 bits per heavy atom. The predicted molar refractivity (Wildman–Crippen MR) is 88.6 cm³/mol. The average Bonchev–Trinajstić information content (AvgIpc) is 2.63. The first kappa shape index (κ1) is 18.6. The summed E-state index contributed by atoms with van der Waals surface area (Å²) in [6, 6.07) is -0.147. The van der Waals surface area contributed by atoms with E-state index in [1.165, 1.54) is 0 Å². The molecule has 0 aromatic rings. The molecule has 3 unspecified atom stereocenters. The number of carbonyl (C=O) groups is 2. The minimum Gasteiger partial charge on any atom is -0.366 e. The smallest absolute Gasteiger partial charge is 0.248 e. The summed E-state index contributed by atoms with van der Waals surface area (Å²) in [7, 11) is -2.36. The summed E-state index contributed by atoms with van der Waals surface area (Å²) in [5.74, 6) is -0.496. The minimum absolute atomic E-state index is 0.0621. The van der Waals surface area contributed by atoms with Crippen molar-refractivity contribution in [3.8, 4) is 0 Å². The Hall–Kier alpha value is -1.19. The van der Waals surface area contributed by atoms with Gasteiger partial charge in [0.1, 0.15) is 17.3 Å². The Balaban J connectivity index is 1.64. The number of morpholine rings is 1. The van der Waals surface area contributed by atoms with Gasteiger partial charge in [0.25, 0.3) is 0 Å². The Morgan fingerprint density at radius 2 is 1.92 bits per heavy atom. The van der Waals surface area contributed by atoms with E-state index in [-0.39, 0.29) is 35.8 Å². The van der Waals surface area contributed by atoms with Crippen molar-refractivity contribution in [3.63, 3.8) is 0 Å². The summed E-state index contributed by atoms with van der Waals surface area (Å²) >= 11 is 0. The fraction of sp³-hybridized carbons (Fsp3) is 0.875. The zero-order chi connectivity index (χ0) is 18.0. The van der Waals surface area contributed by atoms with E-state index in [0.29, 0.717) is 44.6 Å². The molecule has 0 aromatic heterocycles. The van der Waals surface area contributed by atoms with E-state index in [9.17, 15) is 18.0 Å². The zero-order valence-electron chi connectivity index (χ0n) is 14.1. The molecule has 0 radical (unpaired) electrons. The first-order chi connectivity index (χ1) is 12.0. The largest absolute Gasteiger partial charge is 0.366 e. The van der Waals surface area contributed by atoms with Gasteiger partial charge in [-0.25, -0.2) is 13.9 Å². The predicted octanol–water partition coefficient (Wildman–Crippen LogP) is 0.0581. The monoisotopic (exact) mass is 374 g/mol. The number of fused-ring (bicyclic) bond motifs is 1. The van der Waals surface area contributed by atoms with Gasteiger partial charge in [-0.05, 0) is 50.9 Å². The number of hydrogen-bond acceptors (Lipinski definition) is 6. The van der Waals surface area contributed by atoms with E-state index in [0.717, 1.165) is 12.8 Å². The number of ether oxygens (including phenoxy) is 1. The van der Waals surface area contributed by atoms with Crippen molar-refractivity contribution < 1.29 is 28.0 Å². The average molecular weight is 374 g/mol. The number of rotatable bonds is 4. The molecule has 1 saturated heterocycles. The Kier molecular flexibility index (Phi) is 5.96. The molecule has 0 spiro atoms. The first-order valence-corrected chi connectivity index (χ1v) is 10.2. The van der Waals surface area contributed by atoms with Crippen molar-refractivity contribution in [3.05, 3.63) is 0 Å². The Labute approximate surface area is 148 Å². The van der Waals surface area contributed by atoms with Crippen LogP contribution in [-0.4, -0.2) is 60.9 Å². The first-order valence-electron chi connectivity index (χ1n) is 8.98. The quantitative estimate of drug-likeness (QED) is 0.364. The maximum absolute atomic E-state index is 12.4. The molecule has 2 aliphatic carbocycles. The molecule has 142 valence electrons. The van der Waals surface area contributed by atoms with Crippen LogP contribution in [0.5, 0.6) is 0 Å². The van der Waals surface area contributed by atoms with Crippen LogP contribution in [0.3, 0.4) is 0 Å². The van der Waals surface area contributed by atoms with Gasteiger partial charge in [0.05, 0.1) is 17.4 Å². The summed E-state index contributed by atoms with van der Waals surface area (Å²) in [5.41, 5.74) is 1.71. The zero-order valence-corrected chi connectivity index (χ0v) is 15.0. The van der Waals surface area contributed by atoms with Crippen LogP contribution in [-0.2, 0) is 25.0 Å². The van der Waals surface area contributed by atoms with E-state index in [2.05, 4.69) is 0 Å². The lowest BCUT2D eigenvalue weighted by molar-refractivity contribution is -0.166. The maximum Gasteiger partial charge on any atom is 0.248 e. The maximum atomic E-state index is 12.4. The van der Waals surface area contributed by atoms with E-state index >= 15 is 0 Å². The molecule has 0 bridgehead atoms. The fourth-order valence-corrected chi connectivity index (χ4v) is 5.19. The van der Waals surface area contributed by atoms with Gasteiger partial charge in [0.15, 0.2) is 0 Å². The molecule has 8 nitrogen and oxygen atoms in total. The van der Waals surface area contributed by atoms with E-state index in [4.69, 9.17) is 9.94 Å². The molecule has 1 heterocycles. The number of hydrogen-bond donors (Lipinski definition) is 3. The molecule has 3 rings (SSSR count). The van der Waals surface area contributed by atoms with Gasteiger partial charge in [-0.3, -0.25) is 14.8 Å². The van der Waals surface area contributed by atoms with Gasteiger partial charge >= 0.3 is 0 Å². The van der Waals surface area contributed by atoms with Crippen LogP contribution < -0.4 is 5.48 Å². The van der Waals surface area contributed by atoms with Crippen molar-refractivity contribution in [2.24, 2.45) is 11.8 Å². The lowest BCUT2D eigenvalue weighted by Gasteiger charge is -2.46. The van der Waals surface area contributed by atoms with Crippen LogP contribution >= 0.6 is 0 Å². The van der Waals surface area contributed by atoms with Crippen LogP contribution in [0, 0.1) is 11.8 Å². The van der Waals surface area contributed by atoms with Crippen molar-refractivity contribution in [2.45, 2.75) is 62.3 Å². The van der Waals surface area contributed by atoms with Gasteiger partial charge in [0, 0.05) is 12.5 Å². The Morgan fingerprint density at radius 3 is 2.56 bits per heavy atom. The molecular formula is C16H26N2O6S. The molecule has 2 N–H and O–H groups in total. The number of nitrogens with one attached hydrogen (secondary N) is 1. The van der Waals surface area contributed by atoms with Crippen LogP contribution in [0.25, 0.3) is 0 Å². The van der Waals surface area contributed by atoms with Crippen LogP contribution in [0.15, 0.2) is 0 Å². The molecule has 0 aromatic carbocycles. The van der Waals surface area contributed by atoms with Gasteiger partial charge < -0.3 is 9.64 Å². The Bertz CT molecular complexity index is 579. The molecule has 1 aliphatic heterocycles. The molecular weight excluding hydrogens is 348 g/mol. The highest BCUT2D eigenvalue weighted by molar-refractivity contribution is 7.73. The number of hydroxylamine groups is 1. The fourth-order valence-electron chi connectivity index (χ4n) is 4.47. The molecule has 25 heavy (non-hydrogen) atoms. The summed E-state index contributed by atoms with van der Waals surface area (Å²) in [6.45, 7) is 0.666. The minimum atomic E-state index is -2.36. The number of amides is 2. The standard InChI is InChI=1S/C16H26N2O6S/c19-15-9-24-14-6-3-11(16(20)17-21)7-13(14)18(15)8-10-1-4-12(5-2-10)25(22)23/h10-14,21,25H,1-9H2,(H,17,20). The van der Waals surface area contributed by atoms with Crippen molar-refractivity contribution in [1.29, 1.82) is 0 Å². The molecule has 2 saturated carbocycles. The SMILES string of the molecule is O=C(NO)C1CCC2OCC(=O)N(CC3CCC([SH](=O)=O)CC3)C2C1. The lowest BCUT2D eigenvalue weighted by atomic mass is 9.80. The molecule has 9 heteroatoms. The van der Waals surface area contributed by atoms with Crippen LogP contribution in [0.2, 0.25) is 0 Å². The van der Waals surface area contributed by atoms with E-state index in [1.54, 1.807) is 5.48 Å². The second-order valence-corrected chi connectivity index (χ2v) is 8.71. The molecule has 3 atom stereocenters. The van der Waals surface area contributed by atoms with Gasteiger partial charge in [0.2, 0.25) is 11.8 Å². The third kappa shape index (κ3) is 4.15. The highest BCUT2D eigenvalue weighted by Crippen LogP contribution is 2.35. The topological polar surface area (TPSA) is 113 Å². The number of carbonyl (C=O) groups excluding carboxylic acids is 2. The third-order valence-electron chi connectivity index (χ3n) is 5.95. The third-order valence-corrected chi connectivity index (χ3v) is 7.06. The number of nitrogens with zero attached hydrogens (tertiary/aromatic N) is 1. The number of thiol groups is 1. The summed E-state index contributed by atoms with van der Waals surface area (Å²) in [4.78, 5) is 26.0. The second kappa shape index (κ2) is 8.01. The summed E-state index contributed by atoms with van der Waals surface area (Å²) in [5, 5.41) is 8.64. The summed E-state index contributed by atoms with van der Waals surface area (Å²) in [6.07, 6.45) is 4.68. The van der Waals surface area contributed by atoms with Crippen LogP contribution in [0.1, 0.15) is 44.9 Å². The highest BCUT2D eigenvalue weighted by Gasteiger charge is 2.43. The van der Waals surface area contributed by atoms with Crippen molar-refractivity contribution >= 4 is 22.5 Å². The molecule has 3 aliphatic rings. The normalized spacial score (nSPS) is 36.2. The molecule has 3 fully saturated rings. The van der Waals surface area contributed by atoms with Gasteiger partial charge in [-0.1, -0.05) is 0 Å². The van der Waals surface area contributed by atoms with Crippen molar-refractivity contribution in [1.82, 2.24) is 10.4 Å². The van der Waals surface area contributed by atoms with E-state index < -0.39 is 16.6 Å². The lowest BCUT2D eigenvalue weighted by Crippen LogP contribution is -2.58. The molecule has 2 amide bonds.